The number of nitrogens with one attached hydrogen (secondary N) is 2. The van der Waals surface area contributed by atoms with Crippen molar-refractivity contribution >= 4 is 11.8 Å². The van der Waals surface area contributed by atoms with Crippen LogP contribution in [0.15, 0.2) is 30.5 Å². The molecule has 2 heterocycles. The Morgan fingerprint density at radius 3 is 2.63 bits per heavy atom. The molecule has 9 heteroatoms. The molecule has 0 spiro atoms. The minimum Gasteiger partial charge on any atom is -0.497 e. The van der Waals surface area contributed by atoms with Crippen molar-refractivity contribution in [2.24, 2.45) is 0 Å². The van der Waals surface area contributed by atoms with Crippen LogP contribution in [-0.2, 0) is 4.74 Å². The normalized spacial score (nSPS) is 14.6. The van der Waals surface area contributed by atoms with Crippen LogP contribution in [0.4, 0.5) is 11.8 Å². The van der Waals surface area contributed by atoms with Crippen LogP contribution in [0, 0.1) is 0 Å². The minimum absolute atomic E-state index is 0.510. The topological polar surface area (TPSA) is 93.7 Å². The summed E-state index contributed by atoms with van der Waals surface area (Å²) in [5.41, 5.74) is 0. The molecule has 0 aliphatic carbocycles. The zero-order chi connectivity index (χ0) is 18.7. The summed E-state index contributed by atoms with van der Waals surface area (Å²) in [5, 5.41) is 14.4. The number of hydrogen-bond acceptors (Lipinski definition) is 9. The van der Waals surface area contributed by atoms with Crippen LogP contribution < -0.4 is 20.1 Å². The van der Waals surface area contributed by atoms with Crippen LogP contribution in [0.25, 0.3) is 0 Å². The van der Waals surface area contributed by atoms with Gasteiger partial charge in [-0.25, -0.2) is 0 Å². The van der Waals surface area contributed by atoms with E-state index in [1.54, 1.807) is 13.3 Å². The highest BCUT2D eigenvalue weighted by Crippen LogP contribution is 2.16. The number of ether oxygens (including phenoxy) is 3. The summed E-state index contributed by atoms with van der Waals surface area (Å²) in [5.74, 6) is 2.78. The predicted octanol–water partition coefficient (Wildman–Crippen LogP) is 1.12. The lowest BCUT2D eigenvalue weighted by Crippen LogP contribution is -2.39. The summed E-state index contributed by atoms with van der Waals surface area (Å²) in [6.07, 6.45) is 1.60. The Hall–Kier alpha value is -2.65. The third-order valence-corrected chi connectivity index (χ3v) is 4.11. The molecule has 0 unspecified atom stereocenters. The first-order chi connectivity index (χ1) is 13.3. The van der Waals surface area contributed by atoms with Gasteiger partial charge in [-0.2, -0.15) is 10.1 Å². The number of benzene rings is 1. The maximum Gasteiger partial charge on any atom is 0.244 e. The molecule has 9 nitrogen and oxygen atoms in total. The van der Waals surface area contributed by atoms with Gasteiger partial charge in [0.15, 0.2) is 5.82 Å². The first kappa shape index (κ1) is 19.1. The molecule has 0 amide bonds. The van der Waals surface area contributed by atoms with E-state index in [2.05, 4.69) is 30.7 Å². The largest absolute Gasteiger partial charge is 0.497 e. The minimum atomic E-state index is 0.510. The molecular weight excluding hydrogens is 348 g/mol. The SMILES string of the molecule is COc1ccc(OCCNc2cnnc(NCCN3CCOCC3)n2)cc1. The van der Waals surface area contributed by atoms with E-state index < -0.39 is 0 Å². The Bertz CT molecular complexity index is 679. The molecular formula is C18H26N6O3. The van der Waals surface area contributed by atoms with E-state index in [9.17, 15) is 0 Å². The highest BCUT2D eigenvalue weighted by Gasteiger charge is 2.09. The number of hydrogen-bond donors (Lipinski definition) is 2. The summed E-state index contributed by atoms with van der Waals surface area (Å²) in [6.45, 7) is 6.36. The summed E-state index contributed by atoms with van der Waals surface area (Å²) >= 11 is 0. The number of methoxy groups -OCH3 is 1. The molecule has 1 aliphatic rings. The van der Waals surface area contributed by atoms with Crippen molar-refractivity contribution in [3.63, 3.8) is 0 Å². The standard InChI is InChI=1S/C18H26N6O3/c1-25-15-2-4-16(5-3-15)27-11-7-19-17-14-21-23-18(22-17)20-6-8-24-9-12-26-13-10-24/h2-5,14H,6-13H2,1H3,(H2,19,20,22,23). The average Bonchev–Trinajstić information content (AvgIpc) is 2.73. The van der Waals surface area contributed by atoms with Crippen LogP contribution in [0.5, 0.6) is 11.5 Å². The number of aromatic nitrogens is 3. The first-order valence-electron chi connectivity index (χ1n) is 9.08. The molecule has 0 saturated carbocycles. The summed E-state index contributed by atoms with van der Waals surface area (Å²) < 4.78 is 16.1. The Balaban J connectivity index is 1.35. The van der Waals surface area contributed by atoms with Gasteiger partial charge in [0, 0.05) is 26.2 Å². The Kier molecular flexibility index (Phi) is 7.43. The van der Waals surface area contributed by atoms with Gasteiger partial charge in [-0.1, -0.05) is 0 Å². The van der Waals surface area contributed by atoms with E-state index in [0.29, 0.717) is 24.9 Å². The molecule has 1 fully saturated rings. The maximum absolute atomic E-state index is 5.68. The number of rotatable bonds is 10. The summed E-state index contributed by atoms with van der Waals surface area (Å²) in [6, 6.07) is 7.49. The van der Waals surface area contributed by atoms with Crippen molar-refractivity contribution in [2.45, 2.75) is 0 Å². The van der Waals surface area contributed by atoms with Gasteiger partial charge in [-0.3, -0.25) is 4.90 Å². The molecule has 3 rings (SSSR count). The van der Waals surface area contributed by atoms with E-state index in [4.69, 9.17) is 14.2 Å². The average molecular weight is 374 g/mol. The molecule has 1 aliphatic heterocycles. The summed E-state index contributed by atoms with van der Waals surface area (Å²) in [4.78, 5) is 6.76. The van der Waals surface area contributed by atoms with Crippen LogP contribution in [-0.4, -0.2) is 79.7 Å². The van der Waals surface area contributed by atoms with Crippen molar-refractivity contribution < 1.29 is 14.2 Å². The second-order valence-corrected chi connectivity index (χ2v) is 6.00. The highest BCUT2D eigenvalue weighted by atomic mass is 16.5. The van der Waals surface area contributed by atoms with Gasteiger partial charge in [0.2, 0.25) is 5.95 Å². The molecule has 146 valence electrons. The fraction of sp³-hybridized carbons (Fsp3) is 0.500. The van der Waals surface area contributed by atoms with Crippen LogP contribution in [0.2, 0.25) is 0 Å². The van der Waals surface area contributed by atoms with Gasteiger partial charge >= 0.3 is 0 Å². The zero-order valence-corrected chi connectivity index (χ0v) is 15.6. The van der Waals surface area contributed by atoms with Crippen molar-refractivity contribution in [3.05, 3.63) is 30.5 Å². The molecule has 1 aromatic carbocycles. The van der Waals surface area contributed by atoms with Gasteiger partial charge in [-0.05, 0) is 24.3 Å². The maximum atomic E-state index is 5.68. The lowest BCUT2D eigenvalue weighted by molar-refractivity contribution is 0.0398. The smallest absolute Gasteiger partial charge is 0.244 e. The second kappa shape index (κ2) is 10.5. The number of nitrogens with zero attached hydrogens (tertiary/aromatic N) is 4. The molecule has 2 aromatic rings. The molecule has 0 atom stereocenters. The van der Waals surface area contributed by atoms with Crippen molar-refractivity contribution in [3.8, 4) is 11.5 Å². The van der Waals surface area contributed by atoms with Gasteiger partial charge < -0.3 is 24.8 Å². The molecule has 0 radical (unpaired) electrons. The lowest BCUT2D eigenvalue weighted by atomic mass is 10.3. The second-order valence-electron chi connectivity index (χ2n) is 6.00. The third-order valence-electron chi connectivity index (χ3n) is 4.11. The van der Waals surface area contributed by atoms with Gasteiger partial charge in [0.25, 0.3) is 0 Å². The molecule has 1 saturated heterocycles. The van der Waals surface area contributed by atoms with Crippen LogP contribution in [0.1, 0.15) is 0 Å². The Morgan fingerprint density at radius 2 is 1.85 bits per heavy atom. The van der Waals surface area contributed by atoms with Crippen molar-refractivity contribution in [2.75, 3.05) is 70.3 Å². The van der Waals surface area contributed by atoms with Crippen molar-refractivity contribution in [1.82, 2.24) is 20.1 Å². The van der Waals surface area contributed by atoms with Gasteiger partial charge in [0.1, 0.15) is 18.1 Å². The monoisotopic (exact) mass is 374 g/mol. The number of anilines is 2. The molecule has 27 heavy (non-hydrogen) atoms. The van der Waals surface area contributed by atoms with E-state index in [1.807, 2.05) is 24.3 Å². The van der Waals surface area contributed by atoms with Crippen LogP contribution >= 0.6 is 0 Å². The number of morpholine rings is 1. The van der Waals surface area contributed by atoms with Gasteiger partial charge in [0.05, 0.1) is 33.1 Å². The molecule has 1 aromatic heterocycles. The summed E-state index contributed by atoms with van der Waals surface area (Å²) in [7, 11) is 1.64. The Labute approximate surface area is 159 Å². The van der Waals surface area contributed by atoms with E-state index in [0.717, 1.165) is 50.9 Å². The van der Waals surface area contributed by atoms with E-state index in [1.165, 1.54) is 0 Å². The van der Waals surface area contributed by atoms with E-state index in [-0.39, 0.29) is 0 Å². The fourth-order valence-electron chi connectivity index (χ4n) is 2.63. The van der Waals surface area contributed by atoms with Gasteiger partial charge in [-0.15, -0.1) is 5.10 Å². The predicted molar refractivity (Wildman–Crippen MR) is 103 cm³/mol. The third kappa shape index (κ3) is 6.54. The van der Waals surface area contributed by atoms with Crippen LogP contribution in [0.3, 0.4) is 0 Å². The fourth-order valence-corrected chi connectivity index (χ4v) is 2.63. The molecule has 2 N–H and O–H groups in total. The first-order valence-corrected chi connectivity index (χ1v) is 9.08. The molecule has 0 bridgehead atoms. The Morgan fingerprint density at radius 1 is 1.07 bits per heavy atom. The van der Waals surface area contributed by atoms with Crippen molar-refractivity contribution in [1.29, 1.82) is 0 Å². The zero-order valence-electron chi connectivity index (χ0n) is 15.6. The quantitative estimate of drug-likeness (QED) is 0.593. The van der Waals surface area contributed by atoms with E-state index >= 15 is 0 Å². The highest BCUT2D eigenvalue weighted by molar-refractivity contribution is 5.37. The lowest BCUT2D eigenvalue weighted by Gasteiger charge is -2.26.